The van der Waals surface area contributed by atoms with Crippen LogP contribution in [-0.2, 0) is 14.4 Å². The molecule has 4 aromatic carbocycles. The maximum Gasteiger partial charge on any atom is 0.343 e. The molecule has 0 N–H and O–H groups in total. The van der Waals surface area contributed by atoms with E-state index in [-0.39, 0.29) is 11.4 Å². The van der Waals surface area contributed by atoms with Crippen LogP contribution in [0.2, 0.25) is 0 Å². The molecule has 10 nitrogen and oxygen atoms in total. The zero-order chi connectivity index (χ0) is 27.8. The van der Waals surface area contributed by atoms with Crippen molar-refractivity contribution in [2.45, 2.75) is 12.1 Å². The fraction of sp³-hybridized carbons (Fsp3) is 0.100. The summed E-state index contributed by atoms with van der Waals surface area (Å²) in [6, 6.07) is 28.7. The first kappa shape index (κ1) is 25.0. The number of amides is 2. The number of ether oxygens (including phenoxy) is 1. The van der Waals surface area contributed by atoms with E-state index in [0.717, 1.165) is 4.90 Å². The molecule has 0 saturated carbocycles. The Kier molecular flexibility index (Phi) is 6.29. The van der Waals surface area contributed by atoms with Crippen LogP contribution in [0.1, 0.15) is 22.0 Å². The summed E-state index contributed by atoms with van der Waals surface area (Å²) < 4.78 is 5.48. The lowest BCUT2D eigenvalue weighted by molar-refractivity contribution is -0.384. The molecule has 0 spiro atoms. The molecule has 0 aromatic heterocycles. The van der Waals surface area contributed by atoms with Crippen molar-refractivity contribution in [3.05, 3.63) is 130 Å². The molecular weight excluding hydrogens is 514 g/mol. The summed E-state index contributed by atoms with van der Waals surface area (Å²) in [7, 11) is 0. The van der Waals surface area contributed by atoms with Crippen LogP contribution in [0.15, 0.2) is 109 Å². The number of carbonyl (C=O) groups excluding carboxylic acids is 3. The minimum atomic E-state index is -1.13. The zero-order valence-electron chi connectivity index (χ0n) is 20.8. The van der Waals surface area contributed by atoms with Crippen molar-refractivity contribution in [1.29, 1.82) is 0 Å². The third-order valence-corrected chi connectivity index (χ3v) is 6.87. The second kappa shape index (κ2) is 10.1. The molecule has 40 heavy (non-hydrogen) atoms. The molecule has 0 unspecified atom stereocenters. The zero-order valence-corrected chi connectivity index (χ0v) is 20.8. The molecule has 0 aliphatic carbocycles. The van der Waals surface area contributed by atoms with E-state index in [1.54, 1.807) is 91.0 Å². The van der Waals surface area contributed by atoms with Gasteiger partial charge in [0, 0.05) is 12.1 Å². The van der Waals surface area contributed by atoms with Crippen LogP contribution in [0.5, 0.6) is 5.75 Å². The summed E-state index contributed by atoms with van der Waals surface area (Å²) in [6.07, 6.45) is -1.13. The number of hydrogen-bond donors (Lipinski definition) is 0. The van der Waals surface area contributed by atoms with Gasteiger partial charge in [-0.25, -0.2) is 14.8 Å². The van der Waals surface area contributed by atoms with E-state index in [9.17, 15) is 24.5 Å². The second-order valence-electron chi connectivity index (χ2n) is 9.27. The van der Waals surface area contributed by atoms with Crippen molar-refractivity contribution in [2.24, 2.45) is 5.92 Å². The van der Waals surface area contributed by atoms with E-state index in [1.807, 2.05) is 0 Å². The van der Waals surface area contributed by atoms with Crippen molar-refractivity contribution < 1.29 is 28.9 Å². The highest BCUT2D eigenvalue weighted by atomic mass is 16.7. The number of imide groups is 1. The molecule has 4 aromatic rings. The molecular formula is C30H21N3O7. The van der Waals surface area contributed by atoms with Gasteiger partial charge in [-0.3, -0.25) is 24.5 Å². The van der Waals surface area contributed by atoms with Crippen LogP contribution >= 0.6 is 0 Å². The van der Waals surface area contributed by atoms with E-state index >= 15 is 0 Å². The molecule has 2 saturated heterocycles. The van der Waals surface area contributed by atoms with Gasteiger partial charge in [0.25, 0.3) is 11.6 Å². The lowest BCUT2D eigenvalue weighted by Gasteiger charge is -2.28. The predicted molar refractivity (Wildman–Crippen MR) is 143 cm³/mol. The summed E-state index contributed by atoms with van der Waals surface area (Å²) in [5, 5.41) is 12.8. The van der Waals surface area contributed by atoms with Gasteiger partial charge in [0.05, 0.1) is 27.9 Å². The molecule has 2 fully saturated rings. The van der Waals surface area contributed by atoms with E-state index < -0.39 is 40.8 Å². The Morgan fingerprint density at radius 3 is 2.12 bits per heavy atom. The number of esters is 1. The van der Waals surface area contributed by atoms with Gasteiger partial charge in [0.15, 0.2) is 6.10 Å². The number of anilines is 2. The summed E-state index contributed by atoms with van der Waals surface area (Å²) in [6.45, 7) is 0. The topological polar surface area (TPSA) is 119 Å². The highest BCUT2D eigenvalue weighted by molar-refractivity contribution is 6.23. The first-order valence-corrected chi connectivity index (χ1v) is 12.4. The smallest absolute Gasteiger partial charge is 0.343 e. The number of hydroxylamine groups is 1. The van der Waals surface area contributed by atoms with Crippen molar-refractivity contribution in [3.8, 4) is 5.75 Å². The largest absolute Gasteiger partial charge is 0.423 e. The van der Waals surface area contributed by atoms with Gasteiger partial charge in [-0.1, -0.05) is 54.6 Å². The quantitative estimate of drug-likeness (QED) is 0.113. The van der Waals surface area contributed by atoms with Crippen LogP contribution < -0.4 is 14.7 Å². The van der Waals surface area contributed by atoms with Gasteiger partial charge in [-0.15, -0.1) is 0 Å². The number of para-hydroxylation sites is 1. The summed E-state index contributed by atoms with van der Waals surface area (Å²) in [4.78, 5) is 57.7. The van der Waals surface area contributed by atoms with E-state index in [4.69, 9.17) is 9.57 Å². The standard InChI is InChI=1S/C30H21N3O7/c34-28-25-26(19-14-16-24(17-15-19)39-30(36)20-8-3-1-4-9-20)32(22-12-7-13-23(18-22)33(37)38)40-27(25)29(35)31(28)21-10-5-2-6-11-21/h1-18,25-27H/t25-,26-,27+/m1/s1. The second-order valence-corrected chi connectivity index (χ2v) is 9.27. The van der Waals surface area contributed by atoms with Crippen molar-refractivity contribution in [1.82, 2.24) is 0 Å². The van der Waals surface area contributed by atoms with Crippen LogP contribution in [-0.4, -0.2) is 28.8 Å². The molecule has 2 amide bonds. The first-order chi connectivity index (χ1) is 19.4. The Hall–Kier alpha value is -5.35. The lowest BCUT2D eigenvalue weighted by atomic mass is 9.90. The van der Waals surface area contributed by atoms with Crippen molar-refractivity contribution in [3.63, 3.8) is 0 Å². The number of nitro groups is 1. The third-order valence-electron chi connectivity index (χ3n) is 6.87. The maximum atomic E-state index is 13.7. The molecule has 2 aliphatic rings. The number of carbonyl (C=O) groups is 3. The van der Waals surface area contributed by atoms with E-state index in [0.29, 0.717) is 22.5 Å². The van der Waals surface area contributed by atoms with Crippen LogP contribution in [0.25, 0.3) is 0 Å². The number of nitrogens with zero attached hydrogens (tertiary/aromatic N) is 3. The van der Waals surface area contributed by atoms with E-state index in [1.165, 1.54) is 23.3 Å². The Bertz CT molecular complexity index is 1610. The average Bonchev–Trinajstić information content (AvgIpc) is 3.50. The third kappa shape index (κ3) is 4.36. The Labute approximate surface area is 228 Å². The molecule has 10 heteroatoms. The normalized spacial score (nSPS) is 19.9. The minimum Gasteiger partial charge on any atom is -0.423 e. The number of nitro benzene ring substituents is 1. The fourth-order valence-electron chi connectivity index (χ4n) is 5.03. The fourth-order valence-corrected chi connectivity index (χ4v) is 5.03. The maximum absolute atomic E-state index is 13.7. The number of benzene rings is 4. The Morgan fingerprint density at radius 2 is 1.45 bits per heavy atom. The van der Waals surface area contributed by atoms with Crippen LogP contribution in [0.3, 0.4) is 0 Å². The summed E-state index contributed by atoms with van der Waals surface area (Å²) in [5.74, 6) is -2.13. The lowest BCUT2D eigenvalue weighted by Crippen LogP contribution is -2.37. The number of hydrogen-bond acceptors (Lipinski definition) is 8. The van der Waals surface area contributed by atoms with Gasteiger partial charge < -0.3 is 4.74 Å². The Morgan fingerprint density at radius 1 is 0.800 bits per heavy atom. The number of fused-ring (bicyclic) bond motifs is 1. The number of non-ortho nitro benzene ring substituents is 1. The summed E-state index contributed by atoms with van der Waals surface area (Å²) in [5.41, 5.74) is 1.57. The Balaban J connectivity index is 1.36. The highest BCUT2D eigenvalue weighted by Crippen LogP contribution is 2.48. The molecule has 198 valence electrons. The average molecular weight is 536 g/mol. The van der Waals surface area contributed by atoms with Crippen molar-refractivity contribution in [2.75, 3.05) is 9.96 Å². The monoisotopic (exact) mass is 535 g/mol. The van der Waals surface area contributed by atoms with Crippen molar-refractivity contribution >= 4 is 34.8 Å². The molecule has 6 rings (SSSR count). The van der Waals surface area contributed by atoms with Gasteiger partial charge in [-0.05, 0) is 48.0 Å². The van der Waals surface area contributed by atoms with Gasteiger partial charge in [0.2, 0.25) is 5.91 Å². The SMILES string of the molecule is O=C(Oc1ccc([C@@H]2[C@H]3C(=O)N(c4ccccc4)C(=O)[C@H]3ON2c2cccc([N+](=O)[O-])c2)cc1)c1ccccc1. The molecule has 0 bridgehead atoms. The van der Waals surface area contributed by atoms with Gasteiger partial charge >= 0.3 is 5.97 Å². The molecule has 2 heterocycles. The van der Waals surface area contributed by atoms with Gasteiger partial charge in [0.1, 0.15) is 11.7 Å². The van der Waals surface area contributed by atoms with E-state index in [2.05, 4.69) is 0 Å². The molecule has 3 atom stereocenters. The number of rotatable bonds is 6. The molecule has 0 radical (unpaired) electrons. The summed E-state index contributed by atoms with van der Waals surface area (Å²) >= 11 is 0. The van der Waals surface area contributed by atoms with Gasteiger partial charge in [-0.2, -0.15) is 0 Å². The predicted octanol–water partition coefficient (Wildman–Crippen LogP) is 4.87. The molecule has 2 aliphatic heterocycles. The highest BCUT2D eigenvalue weighted by Gasteiger charge is 2.60. The van der Waals surface area contributed by atoms with Crippen LogP contribution in [0.4, 0.5) is 17.1 Å². The minimum absolute atomic E-state index is 0.163. The first-order valence-electron chi connectivity index (χ1n) is 12.4. The van der Waals surface area contributed by atoms with Crippen LogP contribution in [0, 0.1) is 16.0 Å².